The molecule has 0 radical (unpaired) electrons. The van der Waals surface area contributed by atoms with Crippen molar-refractivity contribution in [1.82, 2.24) is 10.9 Å². The molecule has 3 aromatic rings. The highest BCUT2D eigenvalue weighted by atomic mass is 16.7. The van der Waals surface area contributed by atoms with Gasteiger partial charge in [0.25, 0.3) is 11.8 Å². The number of carbonyl (C=O) groups is 2. The van der Waals surface area contributed by atoms with Gasteiger partial charge in [0.2, 0.25) is 6.79 Å². The summed E-state index contributed by atoms with van der Waals surface area (Å²) in [5.41, 5.74) is 4.99. The lowest BCUT2D eigenvalue weighted by molar-refractivity contribution is 0.0845. The molecule has 3 aromatic carbocycles. The molecule has 0 bridgehead atoms. The fourth-order valence-electron chi connectivity index (χ4n) is 2.73. The van der Waals surface area contributed by atoms with Crippen LogP contribution < -0.4 is 20.3 Å². The van der Waals surface area contributed by atoms with Gasteiger partial charge in [-0.2, -0.15) is 0 Å². The predicted molar refractivity (Wildman–Crippen MR) is 93.1 cm³/mol. The quantitative estimate of drug-likeness (QED) is 0.617. The summed E-state index contributed by atoms with van der Waals surface area (Å²) in [6.07, 6.45) is 0. The van der Waals surface area contributed by atoms with Crippen LogP contribution >= 0.6 is 0 Å². The van der Waals surface area contributed by atoms with Crippen LogP contribution in [0.1, 0.15) is 20.7 Å². The molecular formula is C19H14N2O5. The zero-order valence-electron chi connectivity index (χ0n) is 13.5. The lowest BCUT2D eigenvalue weighted by Crippen LogP contribution is -2.41. The SMILES string of the molecule is O=C(NNC(=O)c1ccc2ccccc2c1O)c1ccc2c(c1)OCO2. The number of fused-ring (bicyclic) bond motifs is 2. The molecule has 0 aliphatic carbocycles. The average Bonchev–Trinajstić information content (AvgIpc) is 3.14. The van der Waals surface area contributed by atoms with E-state index < -0.39 is 11.8 Å². The molecule has 1 aliphatic rings. The van der Waals surface area contributed by atoms with E-state index in [1.165, 1.54) is 12.1 Å². The summed E-state index contributed by atoms with van der Waals surface area (Å²) in [4.78, 5) is 24.5. The van der Waals surface area contributed by atoms with Crippen molar-refractivity contribution < 1.29 is 24.2 Å². The summed E-state index contributed by atoms with van der Waals surface area (Å²) in [5.74, 6) is -0.250. The Bertz CT molecular complexity index is 1030. The third-order valence-electron chi connectivity index (χ3n) is 4.07. The van der Waals surface area contributed by atoms with E-state index in [2.05, 4.69) is 10.9 Å². The molecule has 4 rings (SSSR count). The van der Waals surface area contributed by atoms with Crippen LogP contribution in [0.25, 0.3) is 10.8 Å². The van der Waals surface area contributed by atoms with E-state index in [0.29, 0.717) is 22.4 Å². The molecule has 7 heteroatoms. The first-order valence-corrected chi connectivity index (χ1v) is 7.84. The molecule has 2 amide bonds. The van der Waals surface area contributed by atoms with Crippen LogP contribution in [0.4, 0.5) is 0 Å². The van der Waals surface area contributed by atoms with Gasteiger partial charge >= 0.3 is 0 Å². The number of phenolic OH excluding ortho intramolecular Hbond substituents is 1. The molecule has 1 aliphatic heterocycles. The van der Waals surface area contributed by atoms with Crippen LogP contribution in [0.3, 0.4) is 0 Å². The largest absolute Gasteiger partial charge is 0.506 e. The zero-order chi connectivity index (χ0) is 18.1. The minimum Gasteiger partial charge on any atom is -0.506 e. The number of hydrogen-bond acceptors (Lipinski definition) is 5. The second-order valence-electron chi connectivity index (χ2n) is 5.66. The van der Waals surface area contributed by atoms with Crippen LogP contribution in [0, 0.1) is 0 Å². The van der Waals surface area contributed by atoms with Crippen molar-refractivity contribution in [3.63, 3.8) is 0 Å². The zero-order valence-corrected chi connectivity index (χ0v) is 13.5. The minimum atomic E-state index is -0.623. The van der Waals surface area contributed by atoms with Gasteiger partial charge in [-0.1, -0.05) is 30.3 Å². The monoisotopic (exact) mass is 350 g/mol. The summed E-state index contributed by atoms with van der Waals surface area (Å²) in [7, 11) is 0. The first-order chi connectivity index (χ1) is 12.6. The molecular weight excluding hydrogens is 336 g/mol. The van der Waals surface area contributed by atoms with E-state index in [9.17, 15) is 14.7 Å². The van der Waals surface area contributed by atoms with Gasteiger partial charge < -0.3 is 14.6 Å². The van der Waals surface area contributed by atoms with Gasteiger partial charge in [0.15, 0.2) is 11.5 Å². The molecule has 0 fully saturated rings. The number of hydrogen-bond donors (Lipinski definition) is 3. The van der Waals surface area contributed by atoms with E-state index in [1.54, 1.807) is 30.3 Å². The molecule has 7 nitrogen and oxygen atoms in total. The van der Waals surface area contributed by atoms with E-state index in [0.717, 1.165) is 5.39 Å². The Morgan fingerprint density at radius 2 is 1.65 bits per heavy atom. The van der Waals surface area contributed by atoms with E-state index in [1.807, 2.05) is 12.1 Å². The van der Waals surface area contributed by atoms with Crippen LogP contribution in [0.15, 0.2) is 54.6 Å². The maximum absolute atomic E-state index is 12.3. The fourth-order valence-corrected chi connectivity index (χ4v) is 2.73. The number of hydrazine groups is 1. The molecule has 0 saturated carbocycles. The van der Waals surface area contributed by atoms with Gasteiger partial charge in [-0.15, -0.1) is 0 Å². The fraction of sp³-hybridized carbons (Fsp3) is 0.0526. The first-order valence-electron chi connectivity index (χ1n) is 7.84. The molecule has 0 spiro atoms. The lowest BCUT2D eigenvalue weighted by Gasteiger charge is -2.10. The van der Waals surface area contributed by atoms with Crippen LogP contribution in [-0.2, 0) is 0 Å². The third kappa shape index (κ3) is 2.75. The lowest BCUT2D eigenvalue weighted by atomic mass is 10.1. The Labute approximate surface area is 148 Å². The standard InChI is InChI=1S/C19H14N2O5/c22-17-13-4-2-1-3-11(13)5-7-14(17)19(24)21-20-18(23)12-6-8-15-16(9-12)26-10-25-15/h1-9,22H,10H2,(H,20,23)(H,21,24). The number of carbonyl (C=O) groups excluding carboxylic acids is 2. The third-order valence-corrected chi connectivity index (χ3v) is 4.07. The smallest absolute Gasteiger partial charge is 0.273 e. The highest BCUT2D eigenvalue weighted by Crippen LogP contribution is 2.32. The van der Waals surface area contributed by atoms with Gasteiger partial charge in [0.05, 0.1) is 5.56 Å². The summed E-state index contributed by atoms with van der Waals surface area (Å²) in [5, 5.41) is 11.7. The van der Waals surface area contributed by atoms with Crippen molar-refractivity contribution in [1.29, 1.82) is 0 Å². The van der Waals surface area contributed by atoms with Gasteiger partial charge in [-0.05, 0) is 29.7 Å². The maximum atomic E-state index is 12.3. The number of amides is 2. The van der Waals surface area contributed by atoms with Crippen LogP contribution in [-0.4, -0.2) is 23.7 Å². The topological polar surface area (TPSA) is 96.9 Å². The number of ether oxygens (including phenoxy) is 2. The molecule has 3 N–H and O–H groups in total. The Morgan fingerprint density at radius 3 is 2.54 bits per heavy atom. The second-order valence-corrected chi connectivity index (χ2v) is 5.66. The van der Waals surface area contributed by atoms with E-state index >= 15 is 0 Å². The first kappa shape index (κ1) is 15.8. The highest BCUT2D eigenvalue weighted by molar-refractivity contribution is 6.05. The predicted octanol–water partition coefficient (Wildman–Crippen LogP) is 2.35. The van der Waals surface area contributed by atoms with Crippen LogP contribution in [0.5, 0.6) is 17.2 Å². The van der Waals surface area contributed by atoms with Crippen molar-refractivity contribution in [2.45, 2.75) is 0 Å². The number of benzene rings is 3. The minimum absolute atomic E-state index is 0.0645. The Morgan fingerprint density at radius 1 is 0.885 bits per heavy atom. The molecule has 130 valence electrons. The molecule has 0 aromatic heterocycles. The van der Waals surface area contributed by atoms with Crippen molar-refractivity contribution in [2.75, 3.05) is 6.79 Å². The van der Waals surface area contributed by atoms with Crippen molar-refractivity contribution in [3.8, 4) is 17.2 Å². The van der Waals surface area contributed by atoms with Gasteiger partial charge in [0.1, 0.15) is 5.75 Å². The Balaban J connectivity index is 1.48. The van der Waals surface area contributed by atoms with Crippen molar-refractivity contribution >= 4 is 22.6 Å². The summed E-state index contributed by atoms with van der Waals surface area (Å²) in [6.45, 7) is 0.110. The molecule has 26 heavy (non-hydrogen) atoms. The maximum Gasteiger partial charge on any atom is 0.273 e. The van der Waals surface area contributed by atoms with E-state index in [4.69, 9.17) is 9.47 Å². The Kier molecular flexibility index (Phi) is 3.81. The average molecular weight is 350 g/mol. The molecule has 0 saturated heterocycles. The number of aromatic hydroxyl groups is 1. The van der Waals surface area contributed by atoms with Gasteiger partial charge in [-0.3, -0.25) is 20.4 Å². The normalized spacial score (nSPS) is 12.0. The van der Waals surface area contributed by atoms with Gasteiger partial charge in [0, 0.05) is 10.9 Å². The van der Waals surface area contributed by atoms with Gasteiger partial charge in [-0.25, -0.2) is 0 Å². The summed E-state index contributed by atoms with van der Waals surface area (Å²) in [6, 6.07) is 15.1. The molecule has 1 heterocycles. The second kappa shape index (κ2) is 6.29. The molecule has 0 unspecified atom stereocenters. The van der Waals surface area contributed by atoms with E-state index in [-0.39, 0.29) is 18.1 Å². The number of nitrogens with one attached hydrogen (secondary N) is 2. The summed E-state index contributed by atoms with van der Waals surface area (Å²) < 4.78 is 10.4. The van der Waals surface area contributed by atoms with Crippen LogP contribution in [0.2, 0.25) is 0 Å². The number of phenols is 1. The van der Waals surface area contributed by atoms with Crippen molar-refractivity contribution in [2.24, 2.45) is 0 Å². The highest BCUT2D eigenvalue weighted by Gasteiger charge is 2.18. The number of rotatable bonds is 2. The summed E-state index contributed by atoms with van der Waals surface area (Å²) >= 11 is 0. The van der Waals surface area contributed by atoms with Crippen molar-refractivity contribution in [3.05, 3.63) is 65.7 Å². The Hall–Kier alpha value is -3.74. The molecule has 0 atom stereocenters.